The summed E-state index contributed by atoms with van der Waals surface area (Å²) < 4.78 is 6.67. The Hall–Kier alpha value is -5.02. The zero-order valence-electron chi connectivity index (χ0n) is 20.8. The first kappa shape index (κ1) is 22.2. The predicted molar refractivity (Wildman–Crippen MR) is 158 cm³/mol. The van der Waals surface area contributed by atoms with E-state index in [1.165, 1.54) is 33.4 Å². The number of benzene rings is 5. The topological polar surface area (TPSA) is 65.2 Å². The van der Waals surface area contributed by atoms with Crippen LogP contribution >= 0.6 is 0 Å². The van der Waals surface area contributed by atoms with Crippen molar-refractivity contribution in [1.82, 2.24) is 0 Å². The monoisotopic (exact) mass is 490 g/mol. The molecule has 0 saturated carbocycles. The fraction of sp³-hybridized carbons (Fsp3) is 0.0286. The molecular formula is C35H26N2O. The van der Waals surface area contributed by atoms with Crippen LogP contribution in [0.5, 0.6) is 0 Å². The number of rotatable bonds is 4. The summed E-state index contributed by atoms with van der Waals surface area (Å²) in [5.41, 5.74) is 25.1. The zero-order valence-corrected chi connectivity index (χ0v) is 20.8. The van der Waals surface area contributed by atoms with Crippen LogP contribution in [0.4, 0.5) is 11.4 Å². The van der Waals surface area contributed by atoms with Crippen LogP contribution in [0.3, 0.4) is 0 Å². The van der Waals surface area contributed by atoms with E-state index >= 15 is 0 Å². The lowest BCUT2D eigenvalue weighted by atomic mass is 9.93. The second kappa shape index (κ2) is 8.82. The first-order chi connectivity index (χ1) is 18.7. The number of allylic oxidation sites excluding steroid dienone is 1. The Morgan fingerprint density at radius 2 is 1.13 bits per heavy atom. The normalized spacial score (nSPS) is 12.7. The molecule has 7 rings (SSSR count). The van der Waals surface area contributed by atoms with Gasteiger partial charge in [0.15, 0.2) is 0 Å². The summed E-state index contributed by atoms with van der Waals surface area (Å²) in [5, 5.41) is 1.12. The summed E-state index contributed by atoms with van der Waals surface area (Å²) in [6.07, 6.45) is 0.843. The van der Waals surface area contributed by atoms with Crippen molar-refractivity contribution < 1.29 is 4.42 Å². The van der Waals surface area contributed by atoms with E-state index in [1.807, 2.05) is 42.5 Å². The van der Waals surface area contributed by atoms with Gasteiger partial charge < -0.3 is 15.9 Å². The van der Waals surface area contributed by atoms with Gasteiger partial charge in [-0.1, -0.05) is 72.8 Å². The Labute approximate surface area is 221 Å². The Bertz CT molecular complexity index is 1810. The van der Waals surface area contributed by atoms with E-state index < -0.39 is 0 Å². The van der Waals surface area contributed by atoms with Crippen LogP contribution in [0, 0.1) is 0 Å². The maximum Gasteiger partial charge on any atom is 0.143 e. The Morgan fingerprint density at radius 3 is 1.76 bits per heavy atom. The van der Waals surface area contributed by atoms with Crippen molar-refractivity contribution in [2.24, 2.45) is 0 Å². The number of nitrogen functional groups attached to an aromatic ring is 2. The van der Waals surface area contributed by atoms with Gasteiger partial charge in [-0.15, -0.1) is 0 Å². The second-order valence-corrected chi connectivity index (χ2v) is 9.82. The molecule has 0 unspecified atom stereocenters. The van der Waals surface area contributed by atoms with Crippen LogP contribution in [-0.2, 0) is 6.42 Å². The highest BCUT2D eigenvalue weighted by Gasteiger charge is 2.27. The lowest BCUT2D eigenvalue weighted by molar-refractivity contribution is 0.632. The van der Waals surface area contributed by atoms with Gasteiger partial charge in [-0.25, -0.2) is 0 Å². The summed E-state index contributed by atoms with van der Waals surface area (Å²) >= 11 is 0. The maximum atomic E-state index is 6.67. The summed E-state index contributed by atoms with van der Waals surface area (Å²) in [6.45, 7) is 0. The Morgan fingerprint density at radius 1 is 0.553 bits per heavy atom. The molecule has 0 amide bonds. The lowest BCUT2D eigenvalue weighted by Gasteiger charge is -2.10. The van der Waals surface area contributed by atoms with Crippen molar-refractivity contribution in [3.63, 3.8) is 0 Å². The van der Waals surface area contributed by atoms with Crippen molar-refractivity contribution in [3.05, 3.63) is 144 Å². The number of hydrogen-bond donors (Lipinski definition) is 2. The maximum absolute atomic E-state index is 6.67. The largest absolute Gasteiger partial charge is 0.455 e. The fourth-order valence-electron chi connectivity index (χ4n) is 5.60. The lowest BCUT2D eigenvalue weighted by Crippen LogP contribution is -1.90. The average Bonchev–Trinajstić information content (AvgIpc) is 3.51. The Balaban J connectivity index is 1.48. The molecule has 1 aromatic heterocycles. The molecule has 0 bridgehead atoms. The summed E-state index contributed by atoms with van der Waals surface area (Å²) in [6, 6.07) is 41.8. The van der Waals surface area contributed by atoms with Gasteiger partial charge in [-0.2, -0.15) is 0 Å². The van der Waals surface area contributed by atoms with E-state index in [9.17, 15) is 0 Å². The number of anilines is 2. The number of hydrogen-bond acceptors (Lipinski definition) is 3. The van der Waals surface area contributed by atoms with Crippen molar-refractivity contribution in [1.29, 1.82) is 0 Å². The highest BCUT2D eigenvalue weighted by molar-refractivity contribution is 6.09. The van der Waals surface area contributed by atoms with Crippen LogP contribution in [0.15, 0.2) is 126 Å². The van der Waals surface area contributed by atoms with Gasteiger partial charge in [0.2, 0.25) is 0 Å². The van der Waals surface area contributed by atoms with Crippen molar-refractivity contribution in [2.45, 2.75) is 6.42 Å². The van der Waals surface area contributed by atoms with Gasteiger partial charge >= 0.3 is 0 Å². The highest BCUT2D eigenvalue weighted by Crippen LogP contribution is 2.47. The molecule has 0 radical (unpaired) electrons. The standard InChI is InChI=1S/C35H26N2O/c36-27-15-11-22(12-16-27)29-19-26-20-31-32(21-30(26)33(29)23-7-3-1-4-8-23)38-35(25-13-17-28(37)18-14-25)34(31)24-9-5-2-6-10-24/h1-18,20-21H,19,36-37H2. The van der Waals surface area contributed by atoms with E-state index in [1.54, 1.807) is 0 Å². The number of nitrogens with two attached hydrogens (primary N) is 2. The van der Waals surface area contributed by atoms with Crippen LogP contribution in [0.1, 0.15) is 22.3 Å². The molecule has 3 nitrogen and oxygen atoms in total. The third-order valence-electron chi connectivity index (χ3n) is 7.41. The van der Waals surface area contributed by atoms with Crippen molar-refractivity contribution in [2.75, 3.05) is 11.5 Å². The van der Waals surface area contributed by atoms with E-state index in [2.05, 4.69) is 78.9 Å². The van der Waals surface area contributed by atoms with Crippen LogP contribution < -0.4 is 11.5 Å². The highest BCUT2D eigenvalue weighted by atomic mass is 16.3. The summed E-state index contributed by atoms with van der Waals surface area (Å²) in [5.74, 6) is 0.860. The quantitative estimate of drug-likeness (QED) is 0.244. The predicted octanol–water partition coefficient (Wildman–Crippen LogP) is 8.45. The van der Waals surface area contributed by atoms with Gasteiger partial charge in [0, 0.05) is 27.9 Å². The minimum atomic E-state index is 0.734. The first-order valence-electron chi connectivity index (χ1n) is 12.8. The minimum Gasteiger partial charge on any atom is -0.455 e. The zero-order chi connectivity index (χ0) is 25.6. The third-order valence-corrected chi connectivity index (χ3v) is 7.41. The van der Waals surface area contributed by atoms with Crippen molar-refractivity contribution in [3.8, 4) is 22.5 Å². The van der Waals surface area contributed by atoms with E-state index in [0.717, 1.165) is 51.2 Å². The van der Waals surface area contributed by atoms with Crippen LogP contribution in [-0.4, -0.2) is 0 Å². The molecule has 1 heterocycles. The number of furan rings is 1. The minimum absolute atomic E-state index is 0.734. The molecule has 1 aliphatic rings. The molecule has 4 N–H and O–H groups in total. The van der Waals surface area contributed by atoms with E-state index in [0.29, 0.717) is 0 Å². The molecule has 38 heavy (non-hydrogen) atoms. The number of fused-ring (bicyclic) bond motifs is 2. The van der Waals surface area contributed by atoms with Gasteiger partial charge in [0.25, 0.3) is 0 Å². The second-order valence-electron chi connectivity index (χ2n) is 9.82. The molecule has 1 aliphatic carbocycles. The molecule has 0 saturated heterocycles. The molecule has 0 aliphatic heterocycles. The van der Waals surface area contributed by atoms with E-state index in [-0.39, 0.29) is 0 Å². The van der Waals surface area contributed by atoms with Crippen LogP contribution in [0.2, 0.25) is 0 Å². The molecule has 6 aromatic rings. The van der Waals surface area contributed by atoms with E-state index in [4.69, 9.17) is 15.9 Å². The Kier molecular flexibility index (Phi) is 5.15. The van der Waals surface area contributed by atoms with Crippen molar-refractivity contribution >= 4 is 33.5 Å². The molecule has 182 valence electrons. The molecular weight excluding hydrogens is 464 g/mol. The van der Waals surface area contributed by atoms with Gasteiger partial charge in [0.05, 0.1) is 0 Å². The third kappa shape index (κ3) is 3.68. The smallest absolute Gasteiger partial charge is 0.143 e. The molecule has 3 heteroatoms. The fourth-order valence-corrected chi connectivity index (χ4v) is 5.60. The average molecular weight is 491 g/mol. The molecule has 0 fully saturated rings. The van der Waals surface area contributed by atoms with Gasteiger partial charge in [0.1, 0.15) is 11.3 Å². The first-order valence-corrected chi connectivity index (χ1v) is 12.8. The SMILES string of the molecule is Nc1ccc(C2=C(c3ccccc3)c3cc4oc(-c5ccc(N)cc5)c(-c5ccccc5)c4cc3C2)cc1. The molecule has 0 spiro atoms. The van der Waals surface area contributed by atoms with Gasteiger partial charge in [-0.3, -0.25) is 0 Å². The summed E-state index contributed by atoms with van der Waals surface area (Å²) in [7, 11) is 0. The van der Waals surface area contributed by atoms with Gasteiger partial charge in [-0.05, 0) is 93.9 Å². The molecule has 5 aromatic carbocycles. The van der Waals surface area contributed by atoms with Crippen LogP contribution in [0.25, 0.3) is 44.6 Å². The molecule has 0 atom stereocenters. The summed E-state index contributed by atoms with van der Waals surface area (Å²) in [4.78, 5) is 0.